The third-order valence-electron chi connectivity index (χ3n) is 8.49. The number of hydrogen-bond acceptors (Lipinski definition) is 7. The maximum absolute atomic E-state index is 15.6. The molecule has 1 unspecified atom stereocenters. The van der Waals surface area contributed by atoms with Gasteiger partial charge in [-0.15, -0.1) is 5.11 Å². The van der Waals surface area contributed by atoms with Crippen molar-refractivity contribution < 1.29 is 21.6 Å². The quantitative estimate of drug-likeness (QED) is 0.349. The van der Waals surface area contributed by atoms with E-state index < -0.39 is 33.0 Å². The van der Waals surface area contributed by atoms with E-state index in [0.29, 0.717) is 17.5 Å². The lowest BCUT2D eigenvalue weighted by Gasteiger charge is -2.32. The van der Waals surface area contributed by atoms with E-state index in [-0.39, 0.29) is 11.4 Å². The number of hydrogen-bond donors (Lipinski definition) is 1. The molecule has 2 aliphatic heterocycles. The lowest BCUT2D eigenvalue weighted by Crippen LogP contribution is -2.29. The lowest BCUT2D eigenvalue weighted by atomic mass is 9.86. The highest BCUT2D eigenvalue weighted by Gasteiger charge is 2.28. The maximum atomic E-state index is 15.6. The normalized spacial score (nSPS) is 22.1. The lowest BCUT2D eigenvalue weighted by molar-refractivity contribution is 0.233. The fraction of sp³-hybridized carbons (Fsp3) is 0.484. The van der Waals surface area contributed by atoms with Gasteiger partial charge in [0, 0.05) is 18.8 Å². The van der Waals surface area contributed by atoms with Crippen molar-refractivity contribution in [3.63, 3.8) is 0 Å². The Kier molecular flexibility index (Phi) is 9.15. The Bertz CT molecular complexity index is 1510. The smallest absolute Gasteiger partial charge is 0.265 e. The molecule has 1 N–H and O–H groups in total. The van der Waals surface area contributed by atoms with E-state index in [1.54, 1.807) is 0 Å². The number of likely N-dealkylation sites (tertiary alicyclic amines) is 1. The minimum atomic E-state index is -4.12. The van der Waals surface area contributed by atoms with Crippen LogP contribution in [0.1, 0.15) is 65.7 Å². The van der Waals surface area contributed by atoms with Gasteiger partial charge in [0.1, 0.15) is 16.8 Å². The van der Waals surface area contributed by atoms with Gasteiger partial charge in [-0.3, -0.25) is 4.72 Å². The molecule has 1 atom stereocenters. The Morgan fingerprint density at radius 3 is 2.67 bits per heavy atom. The average molecular weight is 600 g/mol. The predicted molar refractivity (Wildman–Crippen MR) is 159 cm³/mol. The van der Waals surface area contributed by atoms with E-state index in [0.717, 1.165) is 79.9 Å². The second kappa shape index (κ2) is 12.8. The van der Waals surface area contributed by atoms with Crippen LogP contribution in [0.3, 0.4) is 0 Å². The Hall–Kier alpha value is -3.47. The van der Waals surface area contributed by atoms with Crippen LogP contribution in [-0.4, -0.2) is 33.0 Å². The number of halogens is 2. The molecule has 0 saturated carbocycles. The number of allylic oxidation sites excluding steroid dienone is 4. The SMILES string of the molecule is CCC1=CC(N2CCCCC(C(C)C)CC2)=C/C(=C2\CN(c3c(F)ccc(NS(=O)(=O)c4ccoc4)c3F)N=N2)CC1. The van der Waals surface area contributed by atoms with Crippen LogP contribution in [0.5, 0.6) is 0 Å². The molecule has 0 radical (unpaired) electrons. The second-order valence-electron chi connectivity index (χ2n) is 11.5. The van der Waals surface area contributed by atoms with Gasteiger partial charge in [-0.25, -0.2) is 22.2 Å². The van der Waals surface area contributed by atoms with Crippen molar-refractivity contribution in [1.82, 2.24) is 4.90 Å². The predicted octanol–water partition coefficient (Wildman–Crippen LogP) is 7.96. The minimum absolute atomic E-state index is 0.0712. The molecule has 0 spiro atoms. The monoisotopic (exact) mass is 599 g/mol. The molecule has 1 aliphatic carbocycles. The molecule has 11 heteroatoms. The third kappa shape index (κ3) is 6.61. The summed E-state index contributed by atoms with van der Waals surface area (Å²) in [7, 11) is -4.12. The van der Waals surface area contributed by atoms with Crippen molar-refractivity contribution in [3.8, 4) is 0 Å². The van der Waals surface area contributed by atoms with Crippen molar-refractivity contribution in [1.29, 1.82) is 0 Å². The molecule has 3 heterocycles. The summed E-state index contributed by atoms with van der Waals surface area (Å²) in [6.07, 6.45) is 14.1. The molecular weight excluding hydrogens is 560 g/mol. The standard InChI is InChI=1S/C31H39F2N5O3S/c1-4-22-8-9-24(18-25(17-22)37-14-6-5-7-23(12-15-37)21(2)3)29-19-38(36-34-29)31-27(32)10-11-28(30(31)33)35-42(39,40)26-13-16-41-20-26/h10-11,13,16-18,20-21,23,35H,4-9,12,14-15,19H2,1-3H3/b29-24+. The highest BCUT2D eigenvalue weighted by molar-refractivity contribution is 7.92. The molecule has 42 heavy (non-hydrogen) atoms. The zero-order valence-corrected chi connectivity index (χ0v) is 25.3. The zero-order valence-electron chi connectivity index (χ0n) is 24.4. The number of nitrogens with one attached hydrogen (secondary N) is 1. The largest absolute Gasteiger partial charge is 0.471 e. The Balaban J connectivity index is 1.40. The van der Waals surface area contributed by atoms with Crippen LogP contribution in [-0.2, 0) is 10.0 Å². The first-order valence-electron chi connectivity index (χ1n) is 14.8. The first-order chi connectivity index (χ1) is 20.2. The molecule has 5 rings (SSSR count). The molecule has 8 nitrogen and oxygen atoms in total. The topological polar surface area (TPSA) is 90.5 Å². The Morgan fingerprint density at radius 2 is 1.93 bits per heavy atom. The van der Waals surface area contributed by atoms with Gasteiger partial charge in [-0.2, -0.15) is 0 Å². The van der Waals surface area contributed by atoms with E-state index in [1.165, 1.54) is 30.7 Å². The van der Waals surface area contributed by atoms with Crippen molar-refractivity contribution in [2.45, 2.75) is 70.6 Å². The van der Waals surface area contributed by atoms with Gasteiger partial charge in [0.25, 0.3) is 10.0 Å². The van der Waals surface area contributed by atoms with E-state index >= 15 is 4.39 Å². The molecule has 1 fully saturated rings. The molecule has 1 aromatic heterocycles. The minimum Gasteiger partial charge on any atom is -0.471 e. The molecule has 226 valence electrons. The summed E-state index contributed by atoms with van der Waals surface area (Å²) < 4.78 is 62.8. The van der Waals surface area contributed by atoms with E-state index in [1.807, 2.05) is 0 Å². The maximum Gasteiger partial charge on any atom is 0.265 e. The molecule has 1 saturated heterocycles. The highest BCUT2D eigenvalue weighted by atomic mass is 32.2. The fourth-order valence-electron chi connectivity index (χ4n) is 5.84. The first kappa shape index (κ1) is 30.0. The molecule has 3 aliphatic rings. The summed E-state index contributed by atoms with van der Waals surface area (Å²) in [5.74, 6) is -0.554. The Labute approximate surface area is 246 Å². The summed E-state index contributed by atoms with van der Waals surface area (Å²) in [5, 5.41) is 9.60. The van der Waals surface area contributed by atoms with Crippen LogP contribution < -0.4 is 9.73 Å². The van der Waals surface area contributed by atoms with Gasteiger partial charge in [0.15, 0.2) is 11.6 Å². The number of sulfonamides is 1. The number of nitrogens with zero attached hydrogens (tertiary/aromatic N) is 4. The summed E-state index contributed by atoms with van der Waals surface area (Å²) in [5.41, 5.74) is 3.31. The summed E-state index contributed by atoms with van der Waals surface area (Å²) in [4.78, 5) is 2.31. The van der Waals surface area contributed by atoms with Gasteiger partial charge in [-0.05, 0) is 79.9 Å². The van der Waals surface area contributed by atoms with Crippen LogP contribution in [0.4, 0.5) is 20.2 Å². The van der Waals surface area contributed by atoms with Crippen molar-refractivity contribution in [3.05, 3.63) is 77.1 Å². The van der Waals surface area contributed by atoms with Crippen LogP contribution in [0.25, 0.3) is 0 Å². The third-order valence-corrected chi connectivity index (χ3v) is 9.83. The number of benzene rings is 1. The fourth-order valence-corrected chi connectivity index (χ4v) is 6.82. The molecule has 0 bridgehead atoms. The molecule has 2 aromatic rings. The van der Waals surface area contributed by atoms with Crippen LogP contribution >= 0.6 is 0 Å². The highest BCUT2D eigenvalue weighted by Crippen LogP contribution is 2.36. The van der Waals surface area contributed by atoms with Crippen LogP contribution in [0.15, 0.2) is 85.1 Å². The van der Waals surface area contributed by atoms with Crippen molar-refractivity contribution in [2.75, 3.05) is 29.4 Å². The van der Waals surface area contributed by atoms with E-state index in [2.05, 4.69) is 52.9 Å². The first-order valence-corrected chi connectivity index (χ1v) is 16.2. The van der Waals surface area contributed by atoms with Crippen molar-refractivity contribution >= 4 is 21.4 Å². The van der Waals surface area contributed by atoms with Gasteiger partial charge >= 0.3 is 0 Å². The summed E-state index contributed by atoms with van der Waals surface area (Å²) in [6.45, 7) is 8.86. The van der Waals surface area contributed by atoms with Crippen molar-refractivity contribution in [2.24, 2.45) is 22.2 Å². The van der Waals surface area contributed by atoms with Gasteiger partial charge in [0.2, 0.25) is 0 Å². The number of rotatable bonds is 7. The van der Waals surface area contributed by atoms with E-state index in [9.17, 15) is 12.8 Å². The molecular formula is C31H39F2N5O3S. The summed E-state index contributed by atoms with van der Waals surface area (Å²) in [6, 6.07) is 3.30. The van der Waals surface area contributed by atoms with E-state index in [4.69, 9.17) is 4.42 Å². The van der Waals surface area contributed by atoms with Gasteiger partial charge < -0.3 is 9.32 Å². The molecule has 1 aromatic carbocycles. The van der Waals surface area contributed by atoms with Gasteiger partial charge in [0.05, 0.1) is 24.2 Å². The molecule has 0 amide bonds. The van der Waals surface area contributed by atoms with Crippen LogP contribution in [0, 0.1) is 23.5 Å². The average Bonchev–Trinajstić information content (AvgIpc) is 3.61. The van der Waals surface area contributed by atoms with Gasteiger partial charge in [-0.1, -0.05) is 44.4 Å². The second-order valence-corrected chi connectivity index (χ2v) is 13.2. The Morgan fingerprint density at radius 1 is 1.10 bits per heavy atom. The number of anilines is 2. The number of furan rings is 1. The van der Waals surface area contributed by atoms with Crippen LogP contribution in [0.2, 0.25) is 0 Å². The summed E-state index contributed by atoms with van der Waals surface area (Å²) >= 11 is 0. The zero-order chi connectivity index (χ0) is 29.9.